The summed E-state index contributed by atoms with van der Waals surface area (Å²) in [6.45, 7) is 0.545. The first kappa shape index (κ1) is 15.1. The molecule has 0 unspecified atom stereocenters. The molecule has 0 atom stereocenters. The van der Waals surface area contributed by atoms with Gasteiger partial charge in [-0.1, -0.05) is 42.5 Å². The van der Waals surface area contributed by atoms with Crippen molar-refractivity contribution in [1.29, 1.82) is 0 Å². The van der Waals surface area contributed by atoms with E-state index in [1.54, 1.807) is 0 Å². The predicted molar refractivity (Wildman–Crippen MR) is 89.7 cm³/mol. The molecule has 0 radical (unpaired) electrons. The van der Waals surface area contributed by atoms with Gasteiger partial charge in [-0.2, -0.15) is 0 Å². The van der Waals surface area contributed by atoms with Gasteiger partial charge in [0.25, 0.3) is 0 Å². The fourth-order valence-electron chi connectivity index (χ4n) is 2.19. The highest BCUT2D eigenvalue weighted by Crippen LogP contribution is 2.25. The van der Waals surface area contributed by atoms with Crippen LogP contribution >= 0.6 is 0 Å². The van der Waals surface area contributed by atoms with Crippen LogP contribution in [0.15, 0.2) is 78.9 Å². The van der Waals surface area contributed by atoms with Crippen LogP contribution in [0.1, 0.15) is 11.1 Å². The Morgan fingerprint density at radius 1 is 0.652 bits per heavy atom. The Labute approximate surface area is 135 Å². The molecule has 0 aromatic heterocycles. The first-order valence-corrected chi connectivity index (χ1v) is 7.48. The second-order valence-electron chi connectivity index (χ2n) is 5.15. The van der Waals surface area contributed by atoms with Gasteiger partial charge in [0.05, 0.1) is 6.61 Å². The van der Waals surface area contributed by atoms with Gasteiger partial charge < -0.3 is 14.6 Å². The van der Waals surface area contributed by atoms with Crippen molar-refractivity contribution < 1.29 is 14.6 Å². The SMILES string of the molecule is OCc1cccc(Oc2ccc(OCc3ccccc3)cc2)c1. The molecule has 23 heavy (non-hydrogen) atoms. The number of aliphatic hydroxyl groups is 1. The number of aliphatic hydroxyl groups excluding tert-OH is 1. The van der Waals surface area contributed by atoms with E-state index in [1.807, 2.05) is 78.9 Å². The third-order valence-electron chi connectivity index (χ3n) is 3.39. The molecular weight excluding hydrogens is 288 g/mol. The molecule has 1 N–H and O–H groups in total. The molecule has 0 saturated carbocycles. The maximum Gasteiger partial charge on any atom is 0.127 e. The van der Waals surface area contributed by atoms with Gasteiger partial charge in [-0.25, -0.2) is 0 Å². The lowest BCUT2D eigenvalue weighted by Crippen LogP contribution is -1.94. The van der Waals surface area contributed by atoms with Crippen LogP contribution in [0.2, 0.25) is 0 Å². The maximum absolute atomic E-state index is 9.15. The zero-order chi connectivity index (χ0) is 15.9. The number of ether oxygens (including phenoxy) is 2. The zero-order valence-electron chi connectivity index (χ0n) is 12.7. The normalized spacial score (nSPS) is 10.3. The molecule has 3 nitrogen and oxygen atoms in total. The van der Waals surface area contributed by atoms with E-state index in [-0.39, 0.29) is 6.61 Å². The van der Waals surface area contributed by atoms with Crippen LogP contribution in [-0.2, 0) is 13.2 Å². The van der Waals surface area contributed by atoms with Crippen LogP contribution in [0.4, 0.5) is 0 Å². The highest BCUT2D eigenvalue weighted by Gasteiger charge is 2.00. The van der Waals surface area contributed by atoms with Crippen LogP contribution in [0, 0.1) is 0 Å². The largest absolute Gasteiger partial charge is 0.489 e. The monoisotopic (exact) mass is 306 g/mol. The molecule has 3 heteroatoms. The van der Waals surface area contributed by atoms with Gasteiger partial charge in [0.1, 0.15) is 23.9 Å². The summed E-state index contributed by atoms with van der Waals surface area (Å²) in [5.74, 6) is 2.23. The fraction of sp³-hybridized carbons (Fsp3) is 0.100. The van der Waals surface area contributed by atoms with Crippen LogP contribution in [0.25, 0.3) is 0 Å². The Morgan fingerprint density at radius 3 is 2.09 bits per heavy atom. The lowest BCUT2D eigenvalue weighted by molar-refractivity contribution is 0.281. The molecule has 3 aromatic rings. The Bertz CT molecular complexity index is 736. The van der Waals surface area contributed by atoms with Crippen molar-refractivity contribution in [2.75, 3.05) is 0 Å². The standard InChI is InChI=1S/C20H18O3/c21-14-17-7-4-8-20(13-17)23-19-11-9-18(10-12-19)22-15-16-5-2-1-3-6-16/h1-13,21H,14-15H2. The highest BCUT2D eigenvalue weighted by molar-refractivity contribution is 5.36. The van der Waals surface area contributed by atoms with Crippen LogP contribution in [-0.4, -0.2) is 5.11 Å². The molecule has 0 aliphatic carbocycles. The van der Waals surface area contributed by atoms with Crippen molar-refractivity contribution in [3.63, 3.8) is 0 Å². The summed E-state index contributed by atoms with van der Waals surface area (Å²) in [6.07, 6.45) is 0. The molecule has 0 amide bonds. The molecule has 0 spiro atoms. The van der Waals surface area contributed by atoms with Gasteiger partial charge in [-0.15, -0.1) is 0 Å². The van der Waals surface area contributed by atoms with E-state index in [2.05, 4.69) is 0 Å². The Morgan fingerprint density at radius 2 is 1.35 bits per heavy atom. The average molecular weight is 306 g/mol. The van der Waals surface area contributed by atoms with Crippen molar-refractivity contribution in [1.82, 2.24) is 0 Å². The van der Waals surface area contributed by atoms with Gasteiger partial charge >= 0.3 is 0 Å². The Kier molecular flexibility index (Phi) is 4.92. The van der Waals surface area contributed by atoms with E-state index in [0.29, 0.717) is 12.4 Å². The summed E-state index contributed by atoms with van der Waals surface area (Å²) in [7, 11) is 0. The zero-order valence-corrected chi connectivity index (χ0v) is 12.7. The van der Waals surface area contributed by atoms with Gasteiger partial charge in [0, 0.05) is 0 Å². The number of rotatable bonds is 6. The molecule has 0 bridgehead atoms. The fourth-order valence-corrected chi connectivity index (χ4v) is 2.19. The predicted octanol–water partition coefficient (Wildman–Crippen LogP) is 4.55. The van der Waals surface area contributed by atoms with Crippen molar-refractivity contribution in [2.24, 2.45) is 0 Å². The van der Waals surface area contributed by atoms with E-state index in [4.69, 9.17) is 14.6 Å². The van der Waals surface area contributed by atoms with Crippen molar-refractivity contribution in [2.45, 2.75) is 13.2 Å². The Hall–Kier alpha value is -2.78. The van der Waals surface area contributed by atoms with E-state index < -0.39 is 0 Å². The summed E-state index contributed by atoms with van der Waals surface area (Å²) < 4.78 is 11.5. The van der Waals surface area contributed by atoms with E-state index in [1.165, 1.54) is 0 Å². The molecule has 0 heterocycles. The third-order valence-corrected chi connectivity index (χ3v) is 3.39. The van der Waals surface area contributed by atoms with Crippen molar-refractivity contribution in [3.05, 3.63) is 90.0 Å². The molecule has 0 aliphatic heterocycles. The summed E-state index contributed by atoms with van der Waals surface area (Å²) in [4.78, 5) is 0. The minimum atomic E-state index is 0.00344. The van der Waals surface area contributed by atoms with E-state index in [9.17, 15) is 0 Å². The molecule has 3 aromatic carbocycles. The summed E-state index contributed by atoms with van der Waals surface area (Å²) in [5.41, 5.74) is 1.96. The van der Waals surface area contributed by atoms with Crippen molar-refractivity contribution in [3.8, 4) is 17.2 Å². The third kappa shape index (κ3) is 4.34. The first-order chi connectivity index (χ1) is 11.3. The number of hydrogen-bond acceptors (Lipinski definition) is 3. The quantitative estimate of drug-likeness (QED) is 0.726. The van der Waals surface area contributed by atoms with Gasteiger partial charge in [-0.3, -0.25) is 0 Å². The molecule has 0 aliphatic rings. The first-order valence-electron chi connectivity index (χ1n) is 7.48. The van der Waals surface area contributed by atoms with Crippen LogP contribution in [0.3, 0.4) is 0 Å². The van der Waals surface area contributed by atoms with E-state index >= 15 is 0 Å². The molecule has 116 valence electrons. The van der Waals surface area contributed by atoms with Crippen molar-refractivity contribution >= 4 is 0 Å². The molecule has 0 saturated heterocycles. The van der Waals surface area contributed by atoms with Gasteiger partial charge in [0.2, 0.25) is 0 Å². The molecule has 0 fully saturated rings. The lowest BCUT2D eigenvalue weighted by atomic mass is 10.2. The summed E-state index contributed by atoms with van der Waals surface area (Å²) in [6, 6.07) is 24.9. The summed E-state index contributed by atoms with van der Waals surface area (Å²) in [5, 5.41) is 9.15. The second-order valence-corrected chi connectivity index (χ2v) is 5.15. The smallest absolute Gasteiger partial charge is 0.127 e. The second kappa shape index (κ2) is 7.47. The van der Waals surface area contributed by atoms with E-state index in [0.717, 1.165) is 22.6 Å². The summed E-state index contributed by atoms with van der Waals surface area (Å²) >= 11 is 0. The lowest BCUT2D eigenvalue weighted by Gasteiger charge is -2.09. The average Bonchev–Trinajstić information content (AvgIpc) is 2.62. The highest BCUT2D eigenvalue weighted by atomic mass is 16.5. The number of benzene rings is 3. The minimum absolute atomic E-state index is 0.00344. The van der Waals surface area contributed by atoms with Crippen LogP contribution < -0.4 is 9.47 Å². The van der Waals surface area contributed by atoms with Gasteiger partial charge in [0.15, 0.2) is 0 Å². The molecular formula is C20H18O3. The molecule has 3 rings (SSSR count). The van der Waals surface area contributed by atoms with Gasteiger partial charge in [-0.05, 0) is 47.5 Å². The number of hydrogen-bond donors (Lipinski definition) is 1. The Balaban J connectivity index is 1.60. The maximum atomic E-state index is 9.15. The van der Waals surface area contributed by atoms with Crippen LogP contribution in [0.5, 0.6) is 17.2 Å². The minimum Gasteiger partial charge on any atom is -0.489 e. The topological polar surface area (TPSA) is 38.7 Å².